The van der Waals surface area contributed by atoms with Crippen LogP contribution >= 0.6 is 0 Å². The number of nitrogens with zero attached hydrogens (tertiary/aromatic N) is 1. The Morgan fingerprint density at radius 2 is 1.46 bits per heavy atom. The van der Waals surface area contributed by atoms with E-state index in [-0.39, 0.29) is 0 Å². The Hall–Kier alpha value is -2.81. The first kappa shape index (κ1) is 14.8. The van der Waals surface area contributed by atoms with E-state index in [1.54, 1.807) is 14.2 Å². The van der Waals surface area contributed by atoms with E-state index in [1.807, 2.05) is 24.4 Å². The highest BCUT2D eigenvalue weighted by atomic mass is 16.5. The summed E-state index contributed by atoms with van der Waals surface area (Å²) in [5.41, 5.74) is 7.17. The molecule has 0 saturated carbocycles. The largest absolute Gasteiger partial charge is 0.493 e. The van der Waals surface area contributed by atoms with Gasteiger partial charge in [0.2, 0.25) is 0 Å². The average molecular weight is 317 g/mol. The Kier molecular flexibility index (Phi) is 3.69. The van der Waals surface area contributed by atoms with Crippen LogP contribution in [0.15, 0.2) is 54.7 Å². The lowest BCUT2D eigenvalue weighted by atomic mass is 9.85. The normalized spacial score (nSPS) is 12.2. The Balaban J connectivity index is 1.88. The second kappa shape index (κ2) is 6.00. The van der Waals surface area contributed by atoms with Gasteiger partial charge in [0.05, 0.1) is 19.9 Å². The summed E-state index contributed by atoms with van der Waals surface area (Å²) < 4.78 is 10.9. The molecule has 120 valence electrons. The molecule has 3 nitrogen and oxygen atoms in total. The van der Waals surface area contributed by atoms with Crippen LogP contribution in [0.4, 0.5) is 0 Å². The Bertz CT molecular complexity index is 888. The van der Waals surface area contributed by atoms with Gasteiger partial charge in [-0.05, 0) is 53.3 Å². The van der Waals surface area contributed by atoms with E-state index in [0.29, 0.717) is 0 Å². The van der Waals surface area contributed by atoms with Gasteiger partial charge in [-0.15, -0.1) is 0 Å². The van der Waals surface area contributed by atoms with Crippen molar-refractivity contribution in [1.82, 2.24) is 4.98 Å². The number of hydrogen-bond donors (Lipinski definition) is 0. The van der Waals surface area contributed by atoms with E-state index in [4.69, 9.17) is 9.47 Å². The fourth-order valence-electron chi connectivity index (χ4n) is 3.35. The van der Waals surface area contributed by atoms with Crippen molar-refractivity contribution in [1.29, 1.82) is 0 Å². The molecule has 0 spiro atoms. The molecule has 24 heavy (non-hydrogen) atoms. The van der Waals surface area contributed by atoms with Crippen molar-refractivity contribution in [2.24, 2.45) is 0 Å². The van der Waals surface area contributed by atoms with Crippen molar-refractivity contribution < 1.29 is 9.47 Å². The van der Waals surface area contributed by atoms with Gasteiger partial charge in [-0.25, -0.2) is 0 Å². The number of hydrogen-bond acceptors (Lipinski definition) is 3. The zero-order valence-corrected chi connectivity index (χ0v) is 13.9. The summed E-state index contributed by atoms with van der Waals surface area (Å²) >= 11 is 0. The van der Waals surface area contributed by atoms with Crippen LogP contribution in [0, 0.1) is 0 Å². The van der Waals surface area contributed by atoms with Crippen molar-refractivity contribution in [3.63, 3.8) is 0 Å². The van der Waals surface area contributed by atoms with Gasteiger partial charge in [-0.3, -0.25) is 4.98 Å². The Labute approximate surface area is 141 Å². The molecule has 1 aliphatic rings. The molecule has 0 bridgehead atoms. The van der Waals surface area contributed by atoms with Crippen LogP contribution in [-0.4, -0.2) is 19.2 Å². The predicted molar refractivity (Wildman–Crippen MR) is 95.6 cm³/mol. The maximum absolute atomic E-state index is 5.49. The zero-order valence-electron chi connectivity index (χ0n) is 13.9. The van der Waals surface area contributed by atoms with Gasteiger partial charge in [0.25, 0.3) is 0 Å². The summed E-state index contributed by atoms with van der Waals surface area (Å²) in [4.78, 5) is 4.66. The topological polar surface area (TPSA) is 31.4 Å². The molecule has 0 aliphatic heterocycles. The summed E-state index contributed by atoms with van der Waals surface area (Å²) in [6, 6.07) is 16.7. The van der Waals surface area contributed by atoms with Crippen LogP contribution in [0.25, 0.3) is 22.4 Å². The Morgan fingerprint density at radius 3 is 2.21 bits per heavy atom. The molecule has 0 N–H and O–H groups in total. The van der Waals surface area contributed by atoms with Gasteiger partial charge < -0.3 is 9.47 Å². The molecular formula is C21H19NO2. The number of methoxy groups -OCH3 is 2. The maximum Gasteiger partial charge on any atom is 0.161 e. The fourth-order valence-corrected chi connectivity index (χ4v) is 3.35. The summed E-state index contributed by atoms with van der Waals surface area (Å²) in [7, 11) is 3.36. The van der Waals surface area contributed by atoms with Gasteiger partial charge in [0, 0.05) is 11.8 Å². The van der Waals surface area contributed by atoms with Gasteiger partial charge in [0.1, 0.15) is 0 Å². The SMILES string of the molecule is COc1cc2c(cc1OC)-c1cc(-c3ccccc3)ncc1CC2. The minimum atomic E-state index is 0.766. The molecule has 0 saturated heterocycles. The third-order valence-corrected chi connectivity index (χ3v) is 4.62. The monoisotopic (exact) mass is 317 g/mol. The van der Waals surface area contributed by atoms with Crippen LogP contribution in [-0.2, 0) is 12.8 Å². The van der Waals surface area contributed by atoms with E-state index in [1.165, 1.54) is 22.3 Å². The number of aromatic nitrogens is 1. The van der Waals surface area contributed by atoms with E-state index in [0.717, 1.165) is 35.6 Å². The smallest absolute Gasteiger partial charge is 0.161 e. The molecular weight excluding hydrogens is 298 g/mol. The highest BCUT2D eigenvalue weighted by Crippen LogP contribution is 2.41. The molecule has 0 atom stereocenters. The number of rotatable bonds is 3. The van der Waals surface area contributed by atoms with Crippen LogP contribution in [0.1, 0.15) is 11.1 Å². The fraction of sp³-hybridized carbons (Fsp3) is 0.190. The second-order valence-electron chi connectivity index (χ2n) is 5.96. The number of benzene rings is 2. The minimum Gasteiger partial charge on any atom is -0.493 e. The Morgan fingerprint density at radius 1 is 0.792 bits per heavy atom. The summed E-state index contributed by atoms with van der Waals surface area (Å²) in [6.07, 6.45) is 4.01. The summed E-state index contributed by atoms with van der Waals surface area (Å²) in [5.74, 6) is 1.55. The number of aryl methyl sites for hydroxylation is 2. The van der Waals surface area contributed by atoms with Crippen molar-refractivity contribution in [3.8, 4) is 33.9 Å². The third-order valence-electron chi connectivity index (χ3n) is 4.62. The summed E-state index contributed by atoms with van der Waals surface area (Å²) in [5, 5.41) is 0. The standard InChI is InChI=1S/C21H19NO2/c1-23-20-10-15-8-9-16-13-22-19(14-6-4-3-5-7-14)11-17(16)18(15)12-21(20)24-2/h3-7,10-13H,8-9H2,1-2H3. The molecule has 1 aromatic heterocycles. The number of ether oxygens (including phenoxy) is 2. The van der Waals surface area contributed by atoms with Gasteiger partial charge in [-0.1, -0.05) is 30.3 Å². The third kappa shape index (κ3) is 2.42. The lowest BCUT2D eigenvalue weighted by Gasteiger charge is -2.22. The van der Waals surface area contributed by atoms with Gasteiger partial charge >= 0.3 is 0 Å². The lowest BCUT2D eigenvalue weighted by Crippen LogP contribution is -2.06. The van der Waals surface area contributed by atoms with Crippen molar-refractivity contribution in [2.45, 2.75) is 12.8 Å². The zero-order chi connectivity index (χ0) is 16.5. The molecule has 0 unspecified atom stereocenters. The number of pyridine rings is 1. The van der Waals surface area contributed by atoms with Gasteiger partial charge in [0.15, 0.2) is 11.5 Å². The van der Waals surface area contributed by atoms with Gasteiger partial charge in [-0.2, -0.15) is 0 Å². The van der Waals surface area contributed by atoms with Crippen LogP contribution in [0.3, 0.4) is 0 Å². The maximum atomic E-state index is 5.49. The minimum absolute atomic E-state index is 0.766. The molecule has 3 aromatic rings. The molecule has 1 heterocycles. The lowest BCUT2D eigenvalue weighted by molar-refractivity contribution is 0.354. The molecule has 4 rings (SSSR count). The van der Waals surface area contributed by atoms with Crippen molar-refractivity contribution in [3.05, 3.63) is 65.9 Å². The van der Waals surface area contributed by atoms with E-state index in [2.05, 4.69) is 35.3 Å². The van der Waals surface area contributed by atoms with E-state index < -0.39 is 0 Å². The first-order valence-electron chi connectivity index (χ1n) is 8.10. The highest BCUT2D eigenvalue weighted by molar-refractivity contribution is 5.79. The molecule has 0 amide bonds. The van der Waals surface area contributed by atoms with Crippen LogP contribution in [0.5, 0.6) is 11.5 Å². The van der Waals surface area contributed by atoms with Crippen LogP contribution in [0.2, 0.25) is 0 Å². The molecule has 0 radical (unpaired) electrons. The molecule has 3 heteroatoms. The highest BCUT2D eigenvalue weighted by Gasteiger charge is 2.20. The first-order valence-corrected chi connectivity index (χ1v) is 8.10. The van der Waals surface area contributed by atoms with Crippen LogP contribution < -0.4 is 9.47 Å². The molecule has 0 fully saturated rings. The predicted octanol–water partition coefficient (Wildman–Crippen LogP) is 4.53. The second-order valence-corrected chi connectivity index (χ2v) is 5.96. The van der Waals surface area contributed by atoms with Crippen molar-refractivity contribution in [2.75, 3.05) is 14.2 Å². The number of fused-ring (bicyclic) bond motifs is 3. The average Bonchev–Trinajstić information content (AvgIpc) is 2.67. The first-order chi connectivity index (χ1) is 11.8. The van der Waals surface area contributed by atoms with Crippen molar-refractivity contribution >= 4 is 0 Å². The van der Waals surface area contributed by atoms with E-state index >= 15 is 0 Å². The quantitative estimate of drug-likeness (QED) is 0.711. The molecule has 1 aliphatic carbocycles. The van der Waals surface area contributed by atoms with E-state index in [9.17, 15) is 0 Å². The summed E-state index contributed by atoms with van der Waals surface area (Å²) in [6.45, 7) is 0. The molecule has 2 aromatic carbocycles.